The number of amides is 1. The summed E-state index contributed by atoms with van der Waals surface area (Å²) in [4.78, 5) is 11.1. The first-order chi connectivity index (χ1) is 16.5. The number of aromatic nitrogens is 4. The van der Waals surface area contributed by atoms with E-state index in [2.05, 4.69) is 30.7 Å². The van der Waals surface area contributed by atoms with Crippen LogP contribution < -0.4 is 32.4 Å². The molecule has 3 rings (SSSR count). The summed E-state index contributed by atoms with van der Waals surface area (Å²) in [5, 5.41) is 21.3. The number of nitrogens with one attached hydrogen (secondary N) is 3. The lowest BCUT2D eigenvalue weighted by molar-refractivity contribution is 0.0955. The van der Waals surface area contributed by atoms with E-state index in [1.807, 2.05) is 0 Å². The van der Waals surface area contributed by atoms with Crippen molar-refractivity contribution in [3.05, 3.63) is 35.9 Å². The van der Waals surface area contributed by atoms with Gasteiger partial charge in [0.2, 0.25) is 25.9 Å². The van der Waals surface area contributed by atoms with Crippen molar-refractivity contribution in [1.82, 2.24) is 30.7 Å². The van der Waals surface area contributed by atoms with Gasteiger partial charge in [-0.3, -0.25) is 4.79 Å². The molecule has 17 heteroatoms. The molecule has 0 saturated carbocycles. The first-order valence-electron chi connectivity index (χ1n) is 10.0. The number of carbonyl (C=O) groups excluding carboxylic acids is 1. The Balaban J connectivity index is 2.38. The smallest absolute Gasteiger partial charge is 0.253 e. The van der Waals surface area contributed by atoms with Gasteiger partial charge in [-0.25, -0.2) is 26.7 Å². The number of hydrogen-bond acceptors (Lipinski definition) is 11. The quantitative estimate of drug-likeness (QED) is 0.138. The molecule has 0 fully saturated rings. The highest BCUT2D eigenvalue weighted by molar-refractivity contribution is 7.92. The van der Waals surface area contributed by atoms with Gasteiger partial charge in [-0.05, 0) is 22.9 Å². The van der Waals surface area contributed by atoms with Crippen LogP contribution in [0, 0.1) is 0 Å². The van der Waals surface area contributed by atoms with Gasteiger partial charge >= 0.3 is 0 Å². The van der Waals surface area contributed by atoms with E-state index in [-0.39, 0.29) is 59.9 Å². The van der Waals surface area contributed by atoms with E-state index in [1.54, 1.807) is 0 Å². The monoisotopic (exact) mass is 524 g/mol. The number of H-pyrrole nitrogens is 1. The molecule has 2 aromatic carbocycles. The Morgan fingerprint density at radius 1 is 1.00 bits per heavy atom. The van der Waals surface area contributed by atoms with Crippen LogP contribution in [0.5, 0.6) is 0 Å². The van der Waals surface area contributed by atoms with Crippen LogP contribution in [0.2, 0.25) is 0 Å². The largest absolute Gasteiger partial charge is 0.398 e. The normalized spacial score (nSPS) is 12.0. The van der Waals surface area contributed by atoms with Crippen LogP contribution in [0.15, 0.2) is 40.1 Å². The number of primary sulfonamides is 1. The van der Waals surface area contributed by atoms with E-state index in [1.165, 1.54) is 24.3 Å². The summed E-state index contributed by atoms with van der Waals surface area (Å²) in [5.41, 5.74) is 17.2. The minimum Gasteiger partial charge on any atom is -0.398 e. The highest BCUT2D eigenvalue weighted by atomic mass is 32.2. The van der Waals surface area contributed by atoms with Gasteiger partial charge in [0, 0.05) is 31.7 Å². The molecule has 0 bridgehead atoms. The number of tetrazole rings is 1. The third kappa shape index (κ3) is 5.45. The van der Waals surface area contributed by atoms with Crippen LogP contribution in [0.1, 0.15) is 10.4 Å². The summed E-state index contributed by atoms with van der Waals surface area (Å²) < 4.78 is 53.4. The maximum Gasteiger partial charge on any atom is 0.253 e. The van der Waals surface area contributed by atoms with E-state index in [0.29, 0.717) is 0 Å². The minimum atomic E-state index is -4.69. The van der Waals surface area contributed by atoms with Crippen LogP contribution in [0.4, 0.5) is 5.69 Å². The molecule has 0 aliphatic carbocycles. The van der Waals surface area contributed by atoms with Crippen molar-refractivity contribution in [1.29, 1.82) is 0 Å². The summed E-state index contributed by atoms with van der Waals surface area (Å²) in [6.45, 7) is 0.224. The Morgan fingerprint density at radius 2 is 1.71 bits per heavy atom. The van der Waals surface area contributed by atoms with Gasteiger partial charge in [-0.15, -0.1) is 10.2 Å². The summed E-state index contributed by atoms with van der Waals surface area (Å²) in [6.07, 6.45) is 0. The number of rotatable bonds is 10. The molecule has 0 aliphatic rings. The Kier molecular flexibility index (Phi) is 7.78. The number of anilines is 1. The average Bonchev–Trinajstić information content (AvgIpc) is 3.34. The number of hydrogen-bond donors (Lipinski definition) is 7. The molecule has 1 heterocycles. The number of nitrogens with zero attached hydrogens (tertiary/aromatic N) is 3. The van der Waals surface area contributed by atoms with Gasteiger partial charge in [0.15, 0.2) is 0 Å². The number of nitrogen functional groups attached to an aromatic ring is 1. The van der Waals surface area contributed by atoms with Crippen molar-refractivity contribution < 1.29 is 21.6 Å². The highest BCUT2D eigenvalue weighted by Crippen LogP contribution is 2.41. The average molecular weight is 525 g/mol. The zero-order valence-electron chi connectivity index (χ0n) is 18.2. The fraction of sp³-hybridized carbons (Fsp3) is 0.222. The predicted molar refractivity (Wildman–Crippen MR) is 126 cm³/mol. The lowest BCUT2D eigenvalue weighted by atomic mass is 9.95. The molecule has 15 nitrogen and oxygen atoms in total. The molecular formula is C18H24N10O5S2. The van der Waals surface area contributed by atoms with E-state index < -0.39 is 35.7 Å². The maximum absolute atomic E-state index is 12.9. The molecule has 0 radical (unpaired) electrons. The number of para-hydroxylation sites is 1. The molecule has 188 valence electrons. The summed E-state index contributed by atoms with van der Waals surface area (Å²) in [5.74, 6) is -0.773. The van der Waals surface area contributed by atoms with Crippen molar-refractivity contribution >= 4 is 31.6 Å². The Hall–Kier alpha value is -3.48. The van der Waals surface area contributed by atoms with Crippen LogP contribution in [0.3, 0.4) is 0 Å². The van der Waals surface area contributed by atoms with Gasteiger partial charge in [-0.2, -0.15) is 5.21 Å². The summed E-state index contributed by atoms with van der Waals surface area (Å²) >= 11 is 0. The molecule has 35 heavy (non-hydrogen) atoms. The van der Waals surface area contributed by atoms with Crippen LogP contribution in [0.25, 0.3) is 22.5 Å². The number of sulfonamides is 2. The second-order valence-corrected chi connectivity index (χ2v) is 10.3. The van der Waals surface area contributed by atoms with Gasteiger partial charge in [0.1, 0.15) is 9.79 Å². The zero-order chi connectivity index (χ0) is 25.8. The second-order valence-electron chi connectivity index (χ2n) is 7.09. The molecule has 0 atom stereocenters. The first-order valence-corrected chi connectivity index (χ1v) is 13.1. The van der Waals surface area contributed by atoms with E-state index in [4.69, 9.17) is 22.3 Å². The number of aromatic amines is 1. The van der Waals surface area contributed by atoms with Crippen LogP contribution in [-0.2, 0) is 20.0 Å². The molecule has 11 N–H and O–H groups in total. The van der Waals surface area contributed by atoms with E-state index in [9.17, 15) is 21.6 Å². The van der Waals surface area contributed by atoms with Gasteiger partial charge in [0.25, 0.3) is 5.91 Å². The summed E-state index contributed by atoms with van der Waals surface area (Å²) in [7, 11) is -9.06. The number of nitrogens with two attached hydrogens (primary N) is 4. The first kappa shape index (κ1) is 26.1. The molecule has 0 unspecified atom stereocenters. The highest BCUT2D eigenvalue weighted by Gasteiger charge is 2.32. The standard InChI is InChI=1S/C18H24N10O5S2/c19-6-8-23-18(29)12-3-1-2-11(15(12)21)10-4-5-13(35(32,33)24-9-7-20)16(34(22,30)31)14(10)17-25-27-28-26-17/h1-5,24H,6-9,19-21H2,(H,23,29)(H2,22,30,31)(H,25,26,27,28). The van der Waals surface area contributed by atoms with Crippen molar-refractivity contribution in [2.45, 2.75) is 9.79 Å². The Morgan fingerprint density at radius 3 is 2.31 bits per heavy atom. The number of benzene rings is 2. The third-order valence-corrected chi connectivity index (χ3v) is 7.40. The maximum atomic E-state index is 12.9. The molecule has 3 aromatic rings. The fourth-order valence-corrected chi connectivity index (χ4v) is 5.97. The van der Waals surface area contributed by atoms with E-state index in [0.717, 1.165) is 6.07 Å². The van der Waals surface area contributed by atoms with E-state index >= 15 is 0 Å². The number of carbonyl (C=O) groups is 1. The van der Waals surface area contributed by atoms with Gasteiger partial charge in [-0.1, -0.05) is 18.2 Å². The lowest BCUT2D eigenvalue weighted by Crippen LogP contribution is -2.31. The van der Waals surface area contributed by atoms with Crippen molar-refractivity contribution in [2.75, 3.05) is 31.9 Å². The molecule has 0 spiro atoms. The topological polar surface area (TPSA) is 268 Å². The molecular weight excluding hydrogens is 500 g/mol. The zero-order valence-corrected chi connectivity index (χ0v) is 19.9. The molecule has 0 aliphatic heterocycles. The fourth-order valence-electron chi connectivity index (χ4n) is 3.32. The van der Waals surface area contributed by atoms with Gasteiger partial charge < -0.3 is 22.5 Å². The van der Waals surface area contributed by atoms with Crippen molar-refractivity contribution in [3.8, 4) is 22.5 Å². The van der Waals surface area contributed by atoms with Gasteiger partial charge in [0.05, 0.1) is 16.8 Å². The molecule has 1 aromatic heterocycles. The minimum absolute atomic E-state index is 0.0102. The lowest BCUT2D eigenvalue weighted by Gasteiger charge is -2.18. The van der Waals surface area contributed by atoms with Crippen LogP contribution in [-0.4, -0.2) is 69.5 Å². The third-order valence-electron chi connectivity index (χ3n) is 4.77. The van der Waals surface area contributed by atoms with Crippen LogP contribution >= 0.6 is 0 Å². The second kappa shape index (κ2) is 10.4. The Labute approximate surface area is 200 Å². The molecule has 1 amide bonds. The molecule has 0 saturated heterocycles. The Bertz CT molecular complexity index is 1440. The summed E-state index contributed by atoms with van der Waals surface area (Å²) in [6, 6.07) is 6.87. The SMILES string of the molecule is NCCNC(=O)c1cccc(-c2ccc(S(=O)(=O)NCCN)c(S(N)(=O)=O)c2-c2nn[nH]n2)c1N. The van der Waals surface area contributed by atoms with Crippen molar-refractivity contribution in [3.63, 3.8) is 0 Å². The predicted octanol–water partition coefficient (Wildman–Crippen LogP) is -2.31. The van der Waals surface area contributed by atoms with Crippen molar-refractivity contribution in [2.24, 2.45) is 16.6 Å².